The van der Waals surface area contributed by atoms with Crippen LogP contribution < -0.4 is 0 Å². The molecule has 0 amide bonds. The Balaban J connectivity index is 2.98. The summed E-state index contributed by atoms with van der Waals surface area (Å²) < 4.78 is 4.07. The first-order chi connectivity index (χ1) is 3.31. The first-order valence-corrected chi connectivity index (χ1v) is 2.08. The fourth-order valence-corrected chi connectivity index (χ4v) is 0.160. The molecule has 0 aromatic carbocycles. The largest absolute Gasteiger partial charge is 0.438 e. The zero-order chi connectivity index (χ0) is 5.70. The van der Waals surface area contributed by atoms with Gasteiger partial charge in [0, 0.05) is 6.42 Å². The fraction of sp³-hybridized carbons (Fsp3) is 0.750. The van der Waals surface area contributed by atoms with Crippen molar-refractivity contribution >= 4 is 6.47 Å². The number of carbonyl (C=O) groups is 1. The zero-order valence-corrected chi connectivity index (χ0v) is 4.13. The molecule has 0 heterocycles. The van der Waals surface area contributed by atoms with Gasteiger partial charge in [-0.15, -0.1) is 0 Å². The molecule has 1 unspecified atom stereocenters. The van der Waals surface area contributed by atoms with E-state index in [1.807, 2.05) is 0 Å². The van der Waals surface area contributed by atoms with Gasteiger partial charge >= 0.3 is 0 Å². The third-order valence-electron chi connectivity index (χ3n) is 0.562. The monoisotopic (exact) mass is 104 g/mol. The number of carbonyl (C=O) groups excluding carboxylic acids is 1. The molecule has 0 aromatic rings. The first-order valence-electron chi connectivity index (χ1n) is 2.08. The van der Waals surface area contributed by atoms with E-state index in [1.54, 1.807) is 6.92 Å². The molecule has 0 aliphatic heterocycles. The van der Waals surface area contributed by atoms with Crippen LogP contribution in [0.15, 0.2) is 0 Å². The molecule has 3 heteroatoms. The van der Waals surface area contributed by atoms with Gasteiger partial charge in [-0.3, -0.25) is 4.79 Å². The van der Waals surface area contributed by atoms with Gasteiger partial charge in [0.25, 0.3) is 6.47 Å². The van der Waals surface area contributed by atoms with Crippen molar-refractivity contribution in [3.8, 4) is 0 Å². The molecule has 0 aromatic heterocycles. The van der Waals surface area contributed by atoms with E-state index in [0.717, 1.165) is 0 Å². The van der Waals surface area contributed by atoms with Gasteiger partial charge in [-0.05, 0) is 0 Å². The Hall–Kier alpha value is -0.570. The van der Waals surface area contributed by atoms with Gasteiger partial charge in [0.2, 0.25) is 0 Å². The fourth-order valence-electron chi connectivity index (χ4n) is 0.160. The molecular formula is C4H8O3. The minimum Gasteiger partial charge on any atom is -0.438 e. The minimum absolute atomic E-state index is 0.230. The second-order valence-electron chi connectivity index (χ2n) is 1.10. The maximum atomic E-state index is 9.39. The molecule has 0 fully saturated rings. The van der Waals surface area contributed by atoms with Crippen molar-refractivity contribution in [2.24, 2.45) is 0 Å². The van der Waals surface area contributed by atoms with Crippen LogP contribution in [0.3, 0.4) is 0 Å². The highest BCUT2D eigenvalue weighted by Crippen LogP contribution is 1.86. The number of ether oxygens (including phenoxy) is 1. The summed E-state index contributed by atoms with van der Waals surface area (Å²) in [4.78, 5) is 9.39. The van der Waals surface area contributed by atoms with E-state index in [4.69, 9.17) is 5.11 Å². The van der Waals surface area contributed by atoms with Crippen molar-refractivity contribution in [3.63, 3.8) is 0 Å². The number of hydrogen-bond acceptors (Lipinski definition) is 3. The molecule has 0 saturated heterocycles. The summed E-state index contributed by atoms with van der Waals surface area (Å²) in [7, 11) is 0. The van der Waals surface area contributed by atoms with E-state index < -0.39 is 6.29 Å². The highest BCUT2D eigenvalue weighted by Gasteiger charge is 1.94. The number of hydrogen-bond donors (Lipinski definition) is 1. The summed E-state index contributed by atoms with van der Waals surface area (Å²) in [5, 5.41) is 8.40. The van der Waals surface area contributed by atoms with Gasteiger partial charge in [0.05, 0.1) is 0 Å². The quantitative estimate of drug-likeness (QED) is 0.401. The Bertz CT molecular complexity index is 52.9. The first kappa shape index (κ1) is 6.43. The SMILES string of the molecule is CCC(O)OC=O. The average molecular weight is 104 g/mol. The highest BCUT2D eigenvalue weighted by atomic mass is 16.6. The number of aliphatic hydroxyl groups excluding tert-OH is 1. The summed E-state index contributed by atoms with van der Waals surface area (Å²) in [6.45, 7) is 1.95. The molecule has 7 heavy (non-hydrogen) atoms. The van der Waals surface area contributed by atoms with Gasteiger partial charge in [0.15, 0.2) is 6.29 Å². The van der Waals surface area contributed by atoms with Crippen LogP contribution >= 0.6 is 0 Å². The topological polar surface area (TPSA) is 46.5 Å². The van der Waals surface area contributed by atoms with E-state index in [2.05, 4.69) is 4.74 Å². The predicted molar refractivity (Wildman–Crippen MR) is 23.4 cm³/mol. The summed E-state index contributed by atoms with van der Waals surface area (Å²) in [6.07, 6.45) is -0.476. The van der Waals surface area contributed by atoms with Crippen LogP contribution in [-0.2, 0) is 9.53 Å². The second kappa shape index (κ2) is 3.61. The van der Waals surface area contributed by atoms with Gasteiger partial charge in [0.1, 0.15) is 0 Å². The lowest BCUT2D eigenvalue weighted by Gasteiger charge is -2.01. The molecule has 0 rings (SSSR count). The number of rotatable bonds is 3. The van der Waals surface area contributed by atoms with E-state index >= 15 is 0 Å². The molecule has 3 nitrogen and oxygen atoms in total. The summed E-state index contributed by atoms with van der Waals surface area (Å²) >= 11 is 0. The van der Waals surface area contributed by atoms with Crippen molar-refractivity contribution in [2.75, 3.05) is 0 Å². The van der Waals surface area contributed by atoms with Gasteiger partial charge < -0.3 is 9.84 Å². The molecule has 0 saturated carbocycles. The average Bonchev–Trinajstić information content (AvgIpc) is 1.68. The molecular weight excluding hydrogens is 96.0 g/mol. The standard InChI is InChI=1S/C4H8O3/c1-2-4(6)7-3-5/h3-4,6H,2H2,1H3. The lowest BCUT2D eigenvalue weighted by molar-refractivity contribution is -0.151. The van der Waals surface area contributed by atoms with Crippen LogP contribution in [0.25, 0.3) is 0 Å². The van der Waals surface area contributed by atoms with Crippen LogP contribution in [0.4, 0.5) is 0 Å². The maximum Gasteiger partial charge on any atom is 0.295 e. The molecule has 42 valence electrons. The van der Waals surface area contributed by atoms with Crippen LogP contribution in [0.5, 0.6) is 0 Å². The highest BCUT2D eigenvalue weighted by molar-refractivity contribution is 5.37. The van der Waals surface area contributed by atoms with Crippen molar-refractivity contribution in [3.05, 3.63) is 0 Å². The lowest BCUT2D eigenvalue weighted by Crippen LogP contribution is -2.07. The molecule has 0 radical (unpaired) electrons. The van der Waals surface area contributed by atoms with Crippen molar-refractivity contribution in [1.82, 2.24) is 0 Å². The van der Waals surface area contributed by atoms with Crippen LogP contribution in [0, 0.1) is 0 Å². The van der Waals surface area contributed by atoms with Gasteiger partial charge in [-0.2, -0.15) is 0 Å². The summed E-state index contributed by atoms with van der Waals surface area (Å²) in [6, 6.07) is 0. The van der Waals surface area contributed by atoms with Gasteiger partial charge in [-0.25, -0.2) is 0 Å². The smallest absolute Gasteiger partial charge is 0.295 e. The minimum atomic E-state index is -0.919. The summed E-state index contributed by atoms with van der Waals surface area (Å²) in [5.74, 6) is 0. The Labute approximate surface area is 41.9 Å². The Morgan fingerprint density at radius 2 is 2.57 bits per heavy atom. The van der Waals surface area contributed by atoms with E-state index in [0.29, 0.717) is 6.42 Å². The molecule has 1 N–H and O–H groups in total. The maximum absolute atomic E-state index is 9.39. The molecule has 1 atom stereocenters. The third-order valence-corrected chi connectivity index (χ3v) is 0.562. The molecule has 0 aliphatic rings. The van der Waals surface area contributed by atoms with Gasteiger partial charge in [-0.1, -0.05) is 6.92 Å². The second-order valence-corrected chi connectivity index (χ2v) is 1.10. The zero-order valence-electron chi connectivity index (χ0n) is 4.13. The van der Waals surface area contributed by atoms with E-state index in [1.165, 1.54) is 0 Å². The number of aliphatic hydroxyl groups is 1. The summed E-state index contributed by atoms with van der Waals surface area (Å²) in [5.41, 5.74) is 0. The van der Waals surface area contributed by atoms with Crippen molar-refractivity contribution in [1.29, 1.82) is 0 Å². The Morgan fingerprint density at radius 3 is 2.71 bits per heavy atom. The molecule has 0 aliphatic carbocycles. The normalized spacial score (nSPS) is 12.9. The molecule has 0 bridgehead atoms. The van der Waals surface area contributed by atoms with Crippen LogP contribution in [-0.4, -0.2) is 17.9 Å². The Morgan fingerprint density at radius 1 is 2.00 bits per heavy atom. The molecule has 0 spiro atoms. The predicted octanol–water partition coefficient (Wildman–Crippen LogP) is -0.112. The Kier molecular flexibility index (Phi) is 3.32. The van der Waals surface area contributed by atoms with E-state index in [-0.39, 0.29) is 6.47 Å². The van der Waals surface area contributed by atoms with E-state index in [9.17, 15) is 4.79 Å². The van der Waals surface area contributed by atoms with Crippen LogP contribution in [0.1, 0.15) is 13.3 Å². The van der Waals surface area contributed by atoms with Crippen molar-refractivity contribution < 1.29 is 14.6 Å². The van der Waals surface area contributed by atoms with Crippen LogP contribution in [0.2, 0.25) is 0 Å². The van der Waals surface area contributed by atoms with Crippen molar-refractivity contribution in [2.45, 2.75) is 19.6 Å². The third kappa shape index (κ3) is 3.26. The lowest BCUT2D eigenvalue weighted by atomic mass is 10.5.